The summed E-state index contributed by atoms with van der Waals surface area (Å²) in [5.41, 5.74) is 1.40. The Kier molecular flexibility index (Phi) is 4.78. The molecule has 2 heterocycles. The summed E-state index contributed by atoms with van der Waals surface area (Å²) in [7, 11) is 0. The minimum Gasteiger partial charge on any atom is -0.392 e. The van der Waals surface area contributed by atoms with Crippen molar-refractivity contribution < 1.29 is 19.3 Å². The average Bonchev–Trinajstić information content (AvgIpc) is 2.47. The number of halogens is 1. The molecule has 0 bridgehead atoms. The molecular formula is C17H24FNO3. The molecule has 2 aliphatic heterocycles. The van der Waals surface area contributed by atoms with Crippen molar-refractivity contribution in [2.45, 2.75) is 43.9 Å². The second-order valence-electron chi connectivity index (χ2n) is 6.59. The van der Waals surface area contributed by atoms with Crippen molar-refractivity contribution in [3.63, 3.8) is 0 Å². The Morgan fingerprint density at radius 2 is 2.05 bits per heavy atom. The van der Waals surface area contributed by atoms with Crippen molar-refractivity contribution in [1.82, 2.24) is 4.90 Å². The van der Waals surface area contributed by atoms with Crippen molar-refractivity contribution in [2.24, 2.45) is 0 Å². The molecule has 1 saturated heterocycles. The fourth-order valence-electron chi connectivity index (χ4n) is 3.49. The Morgan fingerprint density at radius 3 is 2.82 bits per heavy atom. The predicted octanol–water partition coefficient (Wildman–Crippen LogP) is 1.48. The summed E-state index contributed by atoms with van der Waals surface area (Å²) >= 11 is 0. The van der Waals surface area contributed by atoms with Gasteiger partial charge in [-0.25, -0.2) is 4.39 Å². The standard InChI is InChI=1S/C17H24FNO3/c18-15-2-1-14-11-19(6-3-13(14)9-15)12-16(20)10-17(21)4-7-22-8-5-17/h1-2,9,16,20-21H,3-8,10-12H2. The van der Waals surface area contributed by atoms with Crippen molar-refractivity contribution in [1.29, 1.82) is 0 Å². The highest BCUT2D eigenvalue weighted by Gasteiger charge is 2.33. The first-order valence-electron chi connectivity index (χ1n) is 8.02. The van der Waals surface area contributed by atoms with Gasteiger partial charge in [-0.3, -0.25) is 4.90 Å². The van der Waals surface area contributed by atoms with Crippen LogP contribution in [0.3, 0.4) is 0 Å². The van der Waals surface area contributed by atoms with Gasteiger partial charge in [-0.2, -0.15) is 0 Å². The SMILES string of the molecule is OC(CN1CCc2cc(F)ccc2C1)CC1(O)CCOCC1. The predicted molar refractivity (Wildman–Crippen MR) is 81.0 cm³/mol. The number of hydrogen-bond donors (Lipinski definition) is 2. The van der Waals surface area contributed by atoms with Gasteiger partial charge in [0.15, 0.2) is 0 Å². The molecule has 0 radical (unpaired) electrons. The third kappa shape index (κ3) is 3.84. The highest BCUT2D eigenvalue weighted by Crippen LogP contribution is 2.27. The van der Waals surface area contributed by atoms with Gasteiger partial charge in [0.1, 0.15) is 5.82 Å². The maximum absolute atomic E-state index is 13.2. The minimum absolute atomic E-state index is 0.186. The van der Waals surface area contributed by atoms with Crippen LogP contribution in [0.2, 0.25) is 0 Å². The Hall–Kier alpha value is -1.01. The maximum Gasteiger partial charge on any atom is 0.123 e. The molecule has 4 nitrogen and oxygen atoms in total. The van der Waals surface area contributed by atoms with Gasteiger partial charge in [0.25, 0.3) is 0 Å². The molecule has 1 fully saturated rings. The van der Waals surface area contributed by atoms with Crippen LogP contribution in [-0.2, 0) is 17.7 Å². The summed E-state index contributed by atoms with van der Waals surface area (Å²) in [5.74, 6) is -0.186. The lowest BCUT2D eigenvalue weighted by atomic mass is 9.88. The molecule has 1 atom stereocenters. The maximum atomic E-state index is 13.2. The normalized spacial score (nSPS) is 23.0. The number of aliphatic hydroxyl groups excluding tert-OH is 1. The first-order chi connectivity index (χ1) is 10.5. The largest absolute Gasteiger partial charge is 0.392 e. The van der Waals surface area contributed by atoms with Gasteiger partial charge in [0, 0.05) is 39.3 Å². The van der Waals surface area contributed by atoms with E-state index in [0.29, 0.717) is 39.0 Å². The van der Waals surface area contributed by atoms with E-state index < -0.39 is 11.7 Å². The molecule has 0 aliphatic carbocycles. The number of aliphatic hydroxyl groups is 2. The number of ether oxygens (including phenoxy) is 1. The molecule has 1 unspecified atom stereocenters. The molecule has 1 aromatic rings. The van der Waals surface area contributed by atoms with Gasteiger partial charge in [0.2, 0.25) is 0 Å². The zero-order chi connectivity index (χ0) is 15.6. The Balaban J connectivity index is 1.54. The highest BCUT2D eigenvalue weighted by atomic mass is 19.1. The summed E-state index contributed by atoms with van der Waals surface area (Å²) in [4.78, 5) is 2.17. The zero-order valence-electron chi connectivity index (χ0n) is 12.8. The van der Waals surface area contributed by atoms with E-state index in [1.54, 1.807) is 6.07 Å². The quantitative estimate of drug-likeness (QED) is 0.884. The van der Waals surface area contributed by atoms with Crippen LogP contribution in [0.5, 0.6) is 0 Å². The number of fused-ring (bicyclic) bond motifs is 1. The molecule has 2 N–H and O–H groups in total. The van der Waals surface area contributed by atoms with Gasteiger partial charge >= 0.3 is 0 Å². The summed E-state index contributed by atoms with van der Waals surface area (Å²) < 4.78 is 18.5. The average molecular weight is 309 g/mol. The van der Waals surface area contributed by atoms with Gasteiger partial charge < -0.3 is 14.9 Å². The van der Waals surface area contributed by atoms with E-state index in [1.807, 2.05) is 6.07 Å². The van der Waals surface area contributed by atoms with Gasteiger partial charge in [0.05, 0.1) is 11.7 Å². The molecule has 3 rings (SSSR count). The van der Waals surface area contributed by atoms with Crippen molar-refractivity contribution in [2.75, 3.05) is 26.3 Å². The minimum atomic E-state index is -0.797. The second-order valence-corrected chi connectivity index (χ2v) is 6.59. The third-order valence-electron chi connectivity index (χ3n) is 4.77. The van der Waals surface area contributed by atoms with Gasteiger partial charge in [-0.1, -0.05) is 6.07 Å². The molecule has 5 heteroatoms. The van der Waals surface area contributed by atoms with Crippen LogP contribution in [0.4, 0.5) is 4.39 Å². The van der Waals surface area contributed by atoms with Crippen LogP contribution in [0, 0.1) is 5.82 Å². The molecule has 2 aliphatic rings. The lowest BCUT2D eigenvalue weighted by Gasteiger charge is -2.36. The van der Waals surface area contributed by atoms with Gasteiger partial charge in [-0.15, -0.1) is 0 Å². The monoisotopic (exact) mass is 309 g/mol. The summed E-state index contributed by atoms with van der Waals surface area (Å²) in [6.07, 6.45) is 1.82. The van der Waals surface area contributed by atoms with Crippen molar-refractivity contribution >= 4 is 0 Å². The third-order valence-corrected chi connectivity index (χ3v) is 4.77. The Labute approximate surface area is 130 Å². The van der Waals surface area contributed by atoms with Crippen molar-refractivity contribution in [3.05, 3.63) is 35.1 Å². The fraction of sp³-hybridized carbons (Fsp3) is 0.647. The molecule has 0 amide bonds. The van der Waals surface area contributed by atoms with E-state index in [2.05, 4.69) is 4.90 Å². The lowest BCUT2D eigenvalue weighted by Crippen LogP contribution is -2.43. The van der Waals surface area contributed by atoms with E-state index in [-0.39, 0.29) is 5.82 Å². The fourth-order valence-corrected chi connectivity index (χ4v) is 3.49. The first kappa shape index (κ1) is 15.9. The number of nitrogens with zero attached hydrogens (tertiary/aromatic N) is 1. The number of hydrogen-bond acceptors (Lipinski definition) is 4. The first-order valence-corrected chi connectivity index (χ1v) is 8.02. The van der Waals surface area contributed by atoms with E-state index in [1.165, 1.54) is 6.07 Å². The smallest absolute Gasteiger partial charge is 0.123 e. The molecule has 122 valence electrons. The van der Waals surface area contributed by atoms with Crippen LogP contribution in [-0.4, -0.2) is 53.1 Å². The Bertz CT molecular complexity index is 517. The van der Waals surface area contributed by atoms with E-state index in [9.17, 15) is 14.6 Å². The zero-order valence-corrected chi connectivity index (χ0v) is 12.8. The van der Waals surface area contributed by atoms with Crippen molar-refractivity contribution in [3.8, 4) is 0 Å². The summed E-state index contributed by atoms with van der Waals surface area (Å²) in [6, 6.07) is 4.92. The summed E-state index contributed by atoms with van der Waals surface area (Å²) in [5, 5.41) is 20.8. The molecule has 0 saturated carbocycles. The summed E-state index contributed by atoms with van der Waals surface area (Å²) in [6.45, 7) is 3.21. The van der Waals surface area contributed by atoms with Crippen LogP contribution in [0.1, 0.15) is 30.4 Å². The molecule has 22 heavy (non-hydrogen) atoms. The second kappa shape index (κ2) is 6.62. The van der Waals surface area contributed by atoms with E-state index in [4.69, 9.17) is 4.74 Å². The molecule has 0 aromatic heterocycles. The number of rotatable bonds is 4. The lowest BCUT2D eigenvalue weighted by molar-refractivity contribution is -0.0897. The Morgan fingerprint density at radius 1 is 1.27 bits per heavy atom. The van der Waals surface area contributed by atoms with Crippen LogP contribution in [0.15, 0.2) is 18.2 Å². The van der Waals surface area contributed by atoms with Crippen LogP contribution in [0.25, 0.3) is 0 Å². The highest BCUT2D eigenvalue weighted by molar-refractivity contribution is 5.29. The molecule has 0 spiro atoms. The van der Waals surface area contributed by atoms with Gasteiger partial charge in [-0.05, 0) is 42.5 Å². The topological polar surface area (TPSA) is 52.9 Å². The van der Waals surface area contributed by atoms with E-state index in [0.717, 1.165) is 30.6 Å². The molecule has 1 aromatic carbocycles. The number of β-amino-alcohol motifs (C(OH)–C–C–N with tert-alkyl or cyclic N) is 1. The molecular weight excluding hydrogens is 285 g/mol. The van der Waals surface area contributed by atoms with Crippen LogP contribution >= 0.6 is 0 Å². The van der Waals surface area contributed by atoms with Crippen LogP contribution < -0.4 is 0 Å². The number of benzene rings is 1. The van der Waals surface area contributed by atoms with E-state index >= 15 is 0 Å².